The fourth-order valence-electron chi connectivity index (χ4n) is 2.20. The van der Waals surface area contributed by atoms with E-state index in [1.165, 1.54) is 12.1 Å². The number of hydrogen-bond acceptors (Lipinski definition) is 1. The summed E-state index contributed by atoms with van der Waals surface area (Å²) in [5.74, 6) is -0.351. The Balaban J connectivity index is 3.20. The van der Waals surface area contributed by atoms with Gasteiger partial charge in [0.15, 0.2) is 0 Å². The molecule has 0 saturated carbocycles. The largest absolute Gasteiger partial charge is 0.310 e. The van der Waals surface area contributed by atoms with Gasteiger partial charge in [0, 0.05) is 11.6 Å². The molecule has 0 heterocycles. The third-order valence-corrected chi connectivity index (χ3v) is 3.82. The standard InChI is InChI=1S/C16H25F2N/c1-6-9-19-16(12(5)10(2)3)14-13(17)8-7-11(4)15(14)18/h7-8,10,12,16,19H,6,9H2,1-5H3. The topological polar surface area (TPSA) is 12.0 Å². The summed E-state index contributed by atoms with van der Waals surface area (Å²) in [5.41, 5.74) is 0.685. The van der Waals surface area contributed by atoms with E-state index >= 15 is 0 Å². The lowest BCUT2D eigenvalue weighted by atomic mass is 9.85. The molecule has 0 aliphatic carbocycles. The molecule has 1 N–H and O–H groups in total. The first-order chi connectivity index (χ1) is 8.90. The Bertz CT molecular complexity index is 415. The predicted molar refractivity (Wildman–Crippen MR) is 76.1 cm³/mol. The lowest BCUT2D eigenvalue weighted by Gasteiger charge is -2.29. The van der Waals surface area contributed by atoms with Crippen LogP contribution < -0.4 is 5.32 Å². The molecule has 0 aliphatic heterocycles. The SMILES string of the molecule is CCCNC(c1c(F)ccc(C)c1F)C(C)C(C)C. The van der Waals surface area contributed by atoms with Crippen molar-refractivity contribution >= 4 is 0 Å². The molecule has 0 aromatic heterocycles. The van der Waals surface area contributed by atoms with Crippen molar-refractivity contribution < 1.29 is 8.78 Å². The van der Waals surface area contributed by atoms with Gasteiger partial charge >= 0.3 is 0 Å². The molecule has 0 amide bonds. The first kappa shape index (κ1) is 16.1. The second kappa shape index (κ2) is 6.99. The monoisotopic (exact) mass is 269 g/mol. The minimum Gasteiger partial charge on any atom is -0.310 e. The summed E-state index contributed by atoms with van der Waals surface area (Å²) in [7, 11) is 0. The summed E-state index contributed by atoms with van der Waals surface area (Å²) in [6, 6.07) is 2.58. The van der Waals surface area contributed by atoms with E-state index in [4.69, 9.17) is 0 Å². The van der Waals surface area contributed by atoms with Crippen molar-refractivity contribution in [3.8, 4) is 0 Å². The summed E-state index contributed by atoms with van der Waals surface area (Å²) in [6.07, 6.45) is 0.941. The van der Waals surface area contributed by atoms with Crippen molar-refractivity contribution in [2.75, 3.05) is 6.54 Å². The van der Waals surface area contributed by atoms with E-state index in [0.717, 1.165) is 13.0 Å². The van der Waals surface area contributed by atoms with Crippen molar-refractivity contribution in [1.82, 2.24) is 5.32 Å². The predicted octanol–water partition coefficient (Wildman–Crippen LogP) is 4.61. The molecule has 1 rings (SSSR count). The van der Waals surface area contributed by atoms with Crippen LogP contribution in [-0.4, -0.2) is 6.54 Å². The molecule has 2 atom stereocenters. The summed E-state index contributed by atoms with van der Waals surface area (Å²) < 4.78 is 28.3. The maximum Gasteiger partial charge on any atom is 0.133 e. The fraction of sp³-hybridized carbons (Fsp3) is 0.625. The molecule has 0 aliphatic rings. The second-order valence-electron chi connectivity index (χ2n) is 5.63. The Morgan fingerprint density at radius 2 is 1.79 bits per heavy atom. The van der Waals surface area contributed by atoms with Crippen LogP contribution >= 0.6 is 0 Å². The Labute approximate surface area is 115 Å². The van der Waals surface area contributed by atoms with Gasteiger partial charge in [-0.3, -0.25) is 0 Å². The fourth-order valence-corrected chi connectivity index (χ4v) is 2.20. The van der Waals surface area contributed by atoms with Crippen molar-refractivity contribution in [3.05, 3.63) is 34.9 Å². The highest BCUT2D eigenvalue weighted by atomic mass is 19.1. The number of hydrogen-bond donors (Lipinski definition) is 1. The zero-order valence-corrected chi connectivity index (χ0v) is 12.6. The molecule has 0 bridgehead atoms. The van der Waals surface area contributed by atoms with Gasteiger partial charge in [0.2, 0.25) is 0 Å². The number of halogens is 2. The molecule has 2 unspecified atom stereocenters. The van der Waals surface area contributed by atoms with E-state index in [2.05, 4.69) is 19.2 Å². The van der Waals surface area contributed by atoms with Gasteiger partial charge in [-0.2, -0.15) is 0 Å². The molecule has 1 aromatic rings. The minimum absolute atomic E-state index is 0.164. The molecule has 1 aromatic carbocycles. The van der Waals surface area contributed by atoms with Crippen LogP contribution in [0.1, 0.15) is 51.3 Å². The lowest BCUT2D eigenvalue weighted by Crippen LogP contribution is -2.32. The van der Waals surface area contributed by atoms with Gasteiger partial charge in [0.25, 0.3) is 0 Å². The highest BCUT2D eigenvalue weighted by Gasteiger charge is 2.27. The average molecular weight is 269 g/mol. The van der Waals surface area contributed by atoms with Crippen molar-refractivity contribution in [2.24, 2.45) is 11.8 Å². The molecular formula is C16H25F2N. The van der Waals surface area contributed by atoms with Crippen molar-refractivity contribution in [1.29, 1.82) is 0 Å². The van der Waals surface area contributed by atoms with Crippen LogP contribution in [0.5, 0.6) is 0 Å². The molecular weight excluding hydrogens is 244 g/mol. The quantitative estimate of drug-likeness (QED) is 0.795. The molecule has 1 nitrogen and oxygen atoms in total. The molecule has 19 heavy (non-hydrogen) atoms. The van der Waals surface area contributed by atoms with Crippen molar-refractivity contribution in [2.45, 2.75) is 47.1 Å². The maximum atomic E-state index is 14.3. The van der Waals surface area contributed by atoms with Crippen LogP contribution in [0.15, 0.2) is 12.1 Å². The van der Waals surface area contributed by atoms with E-state index in [9.17, 15) is 8.78 Å². The van der Waals surface area contributed by atoms with Gasteiger partial charge in [-0.1, -0.05) is 33.8 Å². The van der Waals surface area contributed by atoms with E-state index in [-0.39, 0.29) is 17.5 Å². The minimum atomic E-state index is -0.454. The van der Waals surface area contributed by atoms with Gasteiger partial charge in [0.05, 0.1) is 0 Å². The van der Waals surface area contributed by atoms with Crippen LogP contribution in [0.3, 0.4) is 0 Å². The summed E-state index contributed by atoms with van der Waals surface area (Å²) in [5, 5.41) is 3.30. The highest BCUT2D eigenvalue weighted by Crippen LogP contribution is 2.32. The highest BCUT2D eigenvalue weighted by molar-refractivity contribution is 5.29. The second-order valence-corrected chi connectivity index (χ2v) is 5.63. The van der Waals surface area contributed by atoms with Crippen LogP contribution in [0.2, 0.25) is 0 Å². The van der Waals surface area contributed by atoms with Gasteiger partial charge in [-0.25, -0.2) is 8.78 Å². The molecule has 0 saturated heterocycles. The summed E-state index contributed by atoms with van der Waals surface area (Å²) in [6.45, 7) is 10.7. The molecule has 0 radical (unpaired) electrons. The summed E-state index contributed by atoms with van der Waals surface area (Å²) >= 11 is 0. The number of benzene rings is 1. The number of nitrogens with one attached hydrogen (secondary N) is 1. The third-order valence-electron chi connectivity index (χ3n) is 3.82. The third kappa shape index (κ3) is 3.75. The maximum absolute atomic E-state index is 14.3. The Kier molecular flexibility index (Phi) is 5.92. The van der Waals surface area contributed by atoms with Gasteiger partial charge in [-0.15, -0.1) is 0 Å². The van der Waals surface area contributed by atoms with E-state index in [0.29, 0.717) is 11.5 Å². The first-order valence-electron chi connectivity index (χ1n) is 7.08. The van der Waals surface area contributed by atoms with Crippen LogP contribution in [0.25, 0.3) is 0 Å². The molecule has 3 heteroatoms. The Morgan fingerprint density at radius 1 is 1.16 bits per heavy atom. The van der Waals surface area contributed by atoms with Gasteiger partial charge in [-0.05, 0) is 43.4 Å². The Hall–Kier alpha value is -0.960. The first-order valence-corrected chi connectivity index (χ1v) is 7.08. The van der Waals surface area contributed by atoms with Crippen LogP contribution in [-0.2, 0) is 0 Å². The van der Waals surface area contributed by atoms with Crippen LogP contribution in [0, 0.1) is 30.4 Å². The normalized spacial score (nSPS) is 14.7. The zero-order valence-electron chi connectivity index (χ0n) is 12.6. The van der Waals surface area contributed by atoms with E-state index < -0.39 is 11.6 Å². The molecule has 0 fully saturated rings. The zero-order chi connectivity index (χ0) is 14.6. The van der Waals surface area contributed by atoms with E-state index in [1.54, 1.807) is 6.92 Å². The number of aryl methyl sites for hydroxylation is 1. The summed E-state index contributed by atoms with van der Waals surface area (Å²) in [4.78, 5) is 0. The van der Waals surface area contributed by atoms with Gasteiger partial charge < -0.3 is 5.32 Å². The lowest BCUT2D eigenvalue weighted by molar-refractivity contribution is 0.289. The van der Waals surface area contributed by atoms with E-state index in [1.807, 2.05) is 13.8 Å². The van der Waals surface area contributed by atoms with Gasteiger partial charge in [0.1, 0.15) is 11.6 Å². The smallest absolute Gasteiger partial charge is 0.133 e. The number of rotatable bonds is 6. The average Bonchev–Trinajstić information content (AvgIpc) is 2.37. The molecule has 0 spiro atoms. The van der Waals surface area contributed by atoms with Crippen LogP contribution in [0.4, 0.5) is 8.78 Å². The van der Waals surface area contributed by atoms with Crippen molar-refractivity contribution in [3.63, 3.8) is 0 Å². The molecule has 108 valence electrons. The Morgan fingerprint density at radius 3 is 2.32 bits per heavy atom.